The van der Waals surface area contributed by atoms with E-state index in [1.807, 2.05) is 6.26 Å². The first-order chi connectivity index (χ1) is 13.3. The molecule has 2 fully saturated rings. The fourth-order valence-corrected chi connectivity index (χ4v) is 4.28. The first-order valence-corrected chi connectivity index (χ1v) is 11.1. The third-order valence-electron chi connectivity index (χ3n) is 5.27. The Bertz CT molecular complexity index is 615. The highest BCUT2D eigenvalue weighted by Crippen LogP contribution is 2.21. The lowest BCUT2D eigenvalue weighted by atomic mass is 10.1. The lowest BCUT2D eigenvalue weighted by Gasteiger charge is -2.30. The zero-order valence-electron chi connectivity index (χ0n) is 16.4. The van der Waals surface area contributed by atoms with Crippen molar-refractivity contribution in [3.05, 3.63) is 0 Å². The van der Waals surface area contributed by atoms with Crippen LogP contribution in [0.1, 0.15) is 39.0 Å². The molecule has 2 saturated heterocycles. The number of carbonyl (C=O) groups is 4. The zero-order chi connectivity index (χ0) is 20.8. The molecule has 0 aromatic carbocycles. The van der Waals surface area contributed by atoms with Crippen molar-refractivity contribution in [1.82, 2.24) is 15.1 Å². The number of nitrogens with two attached hydrogens (primary N) is 1. The van der Waals surface area contributed by atoms with Crippen LogP contribution < -0.4 is 11.1 Å². The van der Waals surface area contributed by atoms with Gasteiger partial charge < -0.3 is 26.0 Å². The number of nitrogens with zero attached hydrogens (tertiary/aromatic N) is 2. The maximum atomic E-state index is 13.0. The normalized spacial score (nSPS) is 24.1. The van der Waals surface area contributed by atoms with Crippen LogP contribution in [-0.2, 0) is 19.2 Å². The molecule has 0 aliphatic carbocycles. The van der Waals surface area contributed by atoms with Gasteiger partial charge in [0, 0.05) is 13.1 Å². The number of nitrogens with one attached hydrogen (secondary N) is 1. The Hall–Kier alpha value is -1.81. The van der Waals surface area contributed by atoms with Gasteiger partial charge in [-0.05, 0) is 51.0 Å². The Morgan fingerprint density at radius 1 is 1.11 bits per heavy atom. The van der Waals surface area contributed by atoms with Crippen LogP contribution in [0.3, 0.4) is 0 Å². The largest absolute Gasteiger partial charge is 0.480 e. The van der Waals surface area contributed by atoms with E-state index in [2.05, 4.69) is 5.32 Å². The summed E-state index contributed by atoms with van der Waals surface area (Å²) in [7, 11) is 0. The van der Waals surface area contributed by atoms with Crippen LogP contribution in [0.4, 0.5) is 0 Å². The van der Waals surface area contributed by atoms with Gasteiger partial charge in [0.1, 0.15) is 18.1 Å². The molecule has 0 spiro atoms. The molecule has 2 heterocycles. The molecule has 0 bridgehead atoms. The molecule has 28 heavy (non-hydrogen) atoms. The minimum absolute atomic E-state index is 0.282. The predicted octanol–water partition coefficient (Wildman–Crippen LogP) is -0.362. The van der Waals surface area contributed by atoms with E-state index in [0.717, 1.165) is 0 Å². The van der Waals surface area contributed by atoms with Crippen molar-refractivity contribution in [2.45, 2.75) is 63.2 Å². The molecule has 9 nitrogen and oxygen atoms in total. The number of carboxylic acids is 1. The first-order valence-electron chi connectivity index (χ1n) is 9.66. The summed E-state index contributed by atoms with van der Waals surface area (Å²) in [6, 6.07) is -2.98. The average molecular weight is 415 g/mol. The fraction of sp³-hybridized carbons (Fsp3) is 0.778. The number of hydrogen-bond acceptors (Lipinski definition) is 6. The molecule has 158 valence electrons. The van der Waals surface area contributed by atoms with Crippen LogP contribution in [-0.4, -0.2) is 87.9 Å². The number of carboxylic acid groups (broad SMARTS) is 1. The van der Waals surface area contributed by atoms with Gasteiger partial charge in [0.25, 0.3) is 0 Å². The smallest absolute Gasteiger partial charge is 0.326 e. The van der Waals surface area contributed by atoms with Gasteiger partial charge in [-0.15, -0.1) is 0 Å². The van der Waals surface area contributed by atoms with E-state index in [9.17, 15) is 24.3 Å². The van der Waals surface area contributed by atoms with Gasteiger partial charge in [0.15, 0.2) is 0 Å². The van der Waals surface area contributed by atoms with E-state index in [-0.39, 0.29) is 17.7 Å². The minimum atomic E-state index is -1.02. The summed E-state index contributed by atoms with van der Waals surface area (Å²) in [6.07, 6.45) is 4.58. The molecule has 0 radical (unpaired) electrons. The van der Waals surface area contributed by atoms with Gasteiger partial charge in [0.2, 0.25) is 17.7 Å². The fourth-order valence-electron chi connectivity index (χ4n) is 3.81. The highest BCUT2D eigenvalue weighted by atomic mass is 32.2. The van der Waals surface area contributed by atoms with Crippen molar-refractivity contribution < 1.29 is 24.3 Å². The molecule has 2 rings (SSSR count). The molecule has 10 heteroatoms. The van der Waals surface area contributed by atoms with Crippen LogP contribution in [0.2, 0.25) is 0 Å². The van der Waals surface area contributed by atoms with Gasteiger partial charge in [0.05, 0.1) is 6.04 Å². The molecule has 3 amide bonds. The van der Waals surface area contributed by atoms with E-state index in [1.165, 1.54) is 9.80 Å². The van der Waals surface area contributed by atoms with Crippen molar-refractivity contribution >= 4 is 35.5 Å². The molecule has 0 aromatic rings. The molecule has 2 aliphatic rings. The van der Waals surface area contributed by atoms with Gasteiger partial charge in [-0.3, -0.25) is 14.4 Å². The first kappa shape index (κ1) is 22.5. The second-order valence-electron chi connectivity index (χ2n) is 7.35. The summed E-state index contributed by atoms with van der Waals surface area (Å²) >= 11 is 1.55. The van der Waals surface area contributed by atoms with Crippen LogP contribution in [0, 0.1) is 0 Å². The van der Waals surface area contributed by atoms with Gasteiger partial charge in [-0.1, -0.05) is 0 Å². The van der Waals surface area contributed by atoms with E-state index in [1.54, 1.807) is 18.7 Å². The second-order valence-corrected chi connectivity index (χ2v) is 8.33. The molecular formula is C18H30N4O5S. The Kier molecular flexibility index (Phi) is 8.11. The minimum Gasteiger partial charge on any atom is -0.480 e. The predicted molar refractivity (Wildman–Crippen MR) is 106 cm³/mol. The number of amides is 3. The Morgan fingerprint density at radius 3 is 2.21 bits per heavy atom. The molecular weight excluding hydrogens is 384 g/mol. The topological polar surface area (TPSA) is 133 Å². The molecule has 0 aromatic heterocycles. The van der Waals surface area contributed by atoms with Gasteiger partial charge >= 0.3 is 5.97 Å². The molecule has 0 saturated carbocycles. The van der Waals surface area contributed by atoms with Crippen LogP contribution in [0.5, 0.6) is 0 Å². The number of hydrogen-bond donors (Lipinski definition) is 3. The van der Waals surface area contributed by atoms with Gasteiger partial charge in [-0.25, -0.2) is 4.79 Å². The number of aliphatic carboxylic acids is 1. The van der Waals surface area contributed by atoms with Crippen molar-refractivity contribution in [3.63, 3.8) is 0 Å². The average Bonchev–Trinajstić information content (AvgIpc) is 3.32. The lowest BCUT2D eigenvalue weighted by Crippen LogP contribution is -2.56. The highest BCUT2D eigenvalue weighted by molar-refractivity contribution is 7.98. The van der Waals surface area contributed by atoms with Gasteiger partial charge in [-0.2, -0.15) is 11.8 Å². The number of likely N-dealkylation sites (tertiary alicyclic amines) is 2. The maximum absolute atomic E-state index is 13.0. The van der Waals surface area contributed by atoms with E-state index < -0.39 is 30.1 Å². The number of rotatable bonds is 8. The molecule has 4 atom stereocenters. The second kappa shape index (κ2) is 10.1. The van der Waals surface area contributed by atoms with Crippen LogP contribution in [0.25, 0.3) is 0 Å². The SMILES string of the molecule is CSCCC(NC(=O)C1CCCN1C(=O)C(C)N)C(=O)N1CCCC1C(=O)O. The Morgan fingerprint density at radius 2 is 1.68 bits per heavy atom. The standard InChI is InChI=1S/C18H30N4O5S/c1-11(19)16(24)21-8-3-5-13(21)15(23)20-12(7-10-28-2)17(25)22-9-4-6-14(22)18(26)27/h11-14H,3-10,19H2,1-2H3,(H,20,23)(H,26,27). The third kappa shape index (κ3) is 5.16. The summed E-state index contributed by atoms with van der Waals surface area (Å²) in [5, 5.41) is 12.1. The maximum Gasteiger partial charge on any atom is 0.326 e. The van der Waals surface area contributed by atoms with E-state index in [4.69, 9.17) is 5.73 Å². The highest BCUT2D eigenvalue weighted by Gasteiger charge is 2.40. The molecule has 2 aliphatic heterocycles. The third-order valence-corrected chi connectivity index (χ3v) is 5.92. The zero-order valence-corrected chi connectivity index (χ0v) is 17.2. The summed E-state index contributed by atoms with van der Waals surface area (Å²) < 4.78 is 0. The van der Waals surface area contributed by atoms with Crippen molar-refractivity contribution in [2.24, 2.45) is 5.73 Å². The van der Waals surface area contributed by atoms with Crippen molar-refractivity contribution in [2.75, 3.05) is 25.1 Å². The quantitative estimate of drug-likeness (QED) is 0.494. The van der Waals surface area contributed by atoms with Crippen LogP contribution >= 0.6 is 11.8 Å². The molecule has 4 unspecified atom stereocenters. The van der Waals surface area contributed by atoms with E-state index in [0.29, 0.717) is 50.9 Å². The number of thioether (sulfide) groups is 1. The Labute approximate surface area is 169 Å². The summed E-state index contributed by atoms with van der Waals surface area (Å²) in [4.78, 5) is 52.3. The lowest BCUT2D eigenvalue weighted by molar-refractivity contribution is -0.149. The number of carbonyl (C=O) groups excluding carboxylic acids is 3. The molecule has 4 N–H and O–H groups in total. The Balaban J connectivity index is 2.10. The van der Waals surface area contributed by atoms with E-state index >= 15 is 0 Å². The van der Waals surface area contributed by atoms with Crippen molar-refractivity contribution in [1.29, 1.82) is 0 Å². The summed E-state index contributed by atoms with van der Waals surface area (Å²) in [6.45, 7) is 2.43. The monoisotopic (exact) mass is 414 g/mol. The van der Waals surface area contributed by atoms with Crippen LogP contribution in [0.15, 0.2) is 0 Å². The summed E-state index contributed by atoms with van der Waals surface area (Å²) in [5.41, 5.74) is 5.68. The summed E-state index contributed by atoms with van der Waals surface area (Å²) in [5.74, 6) is -1.40. The van der Waals surface area contributed by atoms with Crippen molar-refractivity contribution in [3.8, 4) is 0 Å².